The Balaban J connectivity index is 2.17. The summed E-state index contributed by atoms with van der Waals surface area (Å²) >= 11 is 9.18. The Morgan fingerprint density at radius 1 is 1.16 bits per heavy atom. The van der Waals surface area contributed by atoms with Gasteiger partial charge in [-0.2, -0.15) is 0 Å². The van der Waals surface area contributed by atoms with Crippen LogP contribution in [0.15, 0.2) is 40.9 Å². The Morgan fingerprint density at radius 3 is 2.58 bits per heavy atom. The van der Waals surface area contributed by atoms with Gasteiger partial charge in [-0.15, -0.1) is 0 Å². The molecule has 0 saturated heterocycles. The van der Waals surface area contributed by atoms with E-state index in [0.717, 1.165) is 5.56 Å². The molecule has 0 unspecified atom stereocenters. The Labute approximate surface area is 124 Å². The van der Waals surface area contributed by atoms with Crippen molar-refractivity contribution in [2.45, 2.75) is 13.2 Å². The van der Waals surface area contributed by atoms with Gasteiger partial charge in [0.15, 0.2) is 11.6 Å². The highest BCUT2D eigenvalue weighted by atomic mass is 79.9. The zero-order valence-electron chi connectivity index (χ0n) is 10.00. The maximum atomic E-state index is 14.0. The standard InChI is InChI=1S/C14H12BrClFNO/c15-13-9(7-18)5-6-12(14(13)17)19-8-10-3-1-2-4-11(10)16/h1-6H,7-8,18H2. The van der Waals surface area contributed by atoms with Gasteiger partial charge in [0, 0.05) is 17.1 Å². The molecule has 0 fully saturated rings. The lowest BCUT2D eigenvalue weighted by Gasteiger charge is -2.11. The summed E-state index contributed by atoms with van der Waals surface area (Å²) in [4.78, 5) is 0. The smallest absolute Gasteiger partial charge is 0.179 e. The van der Waals surface area contributed by atoms with E-state index in [1.165, 1.54) is 0 Å². The first-order valence-electron chi connectivity index (χ1n) is 5.66. The third kappa shape index (κ3) is 3.26. The van der Waals surface area contributed by atoms with Gasteiger partial charge in [0.1, 0.15) is 6.61 Å². The zero-order chi connectivity index (χ0) is 13.8. The molecule has 2 aromatic rings. The van der Waals surface area contributed by atoms with E-state index in [1.807, 2.05) is 18.2 Å². The van der Waals surface area contributed by atoms with Gasteiger partial charge in [-0.05, 0) is 33.6 Å². The van der Waals surface area contributed by atoms with Crippen molar-refractivity contribution in [3.8, 4) is 5.75 Å². The number of rotatable bonds is 4. The van der Waals surface area contributed by atoms with Crippen LogP contribution in [0.1, 0.15) is 11.1 Å². The summed E-state index contributed by atoms with van der Waals surface area (Å²) in [5, 5.41) is 0.598. The zero-order valence-corrected chi connectivity index (χ0v) is 12.3. The van der Waals surface area contributed by atoms with Crippen LogP contribution in [0, 0.1) is 5.82 Å². The SMILES string of the molecule is NCc1ccc(OCc2ccccc2Cl)c(F)c1Br. The predicted molar refractivity (Wildman–Crippen MR) is 77.8 cm³/mol. The first-order chi connectivity index (χ1) is 9.13. The summed E-state index contributed by atoms with van der Waals surface area (Å²) in [5.41, 5.74) is 7.00. The molecular weight excluding hydrogens is 333 g/mol. The van der Waals surface area contributed by atoms with Gasteiger partial charge >= 0.3 is 0 Å². The van der Waals surface area contributed by atoms with Crippen LogP contribution < -0.4 is 10.5 Å². The van der Waals surface area contributed by atoms with E-state index >= 15 is 0 Å². The van der Waals surface area contributed by atoms with E-state index in [1.54, 1.807) is 18.2 Å². The van der Waals surface area contributed by atoms with Gasteiger partial charge in [0.05, 0.1) is 4.47 Å². The van der Waals surface area contributed by atoms with E-state index in [4.69, 9.17) is 22.1 Å². The number of hydrogen-bond donors (Lipinski definition) is 1. The molecule has 0 aromatic heterocycles. The van der Waals surface area contributed by atoms with Crippen molar-refractivity contribution >= 4 is 27.5 Å². The molecule has 2 rings (SSSR count). The normalized spacial score (nSPS) is 10.5. The summed E-state index contributed by atoms with van der Waals surface area (Å²) < 4.78 is 19.8. The van der Waals surface area contributed by atoms with Crippen LogP contribution in [-0.4, -0.2) is 0 Å². The minimum atomic E-state index is -0.449. The molecule has 0 aliphatic rings. The molecule has 0 amide bonds. The molecule has 0 spiro atoms. The Bertz CT molecular complexity index is 592. The van der Waals surface area contributed by atoms with Crippen molar-refractivity contribution in [3.63, 3.8) is 0 Å². The highest BCUT2D eigenvalue weighted by molar-refractivity contribution is 9.10. The lowest BCUT2D eigenvalue weighted by molar-refractivity contribution is 0.289. The first-order valence-corrected chi connectivity index (χ1v) is 6.83. The van der Waals surface area contributed by atoms with E-state index in [-0.39, 0.29) is 18.9 Å². The second kappa shape index (κ2) is 6.37. The Morgan fingerprint density at radius 2 is 1.89 bits per heavy atom. The molecule has 0 atom stereocenters. The quantitative estimate of drug-likeness (QED) is 0.898. The molecule has 100 valence electrons. The highest BCUT2D eigenvalue weighted by Gasteiger charge is 2.12. The molecule has 5 heteroatoms. The average molecular weight is 345 g/mol. The van der Waals surface area contributed by atoms with Crippen molar-refractivity contribution in [1.82, 2.24) is 0 Å². The van der Waals surface area contributed by atoms with Gasteiger partial charge in [0.25, 0.3) is 0 Å². The molecular formula is C14H12BrClFNO. The van der Waals surface area contributed by atoms with Crippen LogP contribution in [0.2, 0.25) is 5.02 Å². The Kier molecular flexibility index (Phi) is 4.80. The molecule has 2 nitrogen and oxygen atoms in total. The fraction of sp³-hybridized carbons (Fsp3) is 0.143. The molecule has 2 aromatic carbocycles. The topological polar surface area (TPSA) is 35.2 Å². The minimum Gasteiger partial charge on any atom is -0.486 e. The molecule has 2 N–H and O–H groups in total. The molecule has 19 heavy (non-hydrogen) atoms. The molecule has 0 aliphatic carbocycles. The summed E-state index contributed by atoms with van der Waals surface area (Å²) in [6.45, 7) is 0.479. The second-order valence-corrected chi connectivity index (χ2v) is 5.14. The molecule has 0 saturated carbocycles. The van der Waals surface area contributed by atoms with E-state index in [9.17, 15) is 4.39 Å². The maximum Gasteiger partial charge on any atom is 0.179 e. The summed E-state index contributed by atoms with van der Waals surface area (Å²) in [6.07, 6.45) is 0. The minimum absolute atomic E-state index is 0.170. The summed E-state index contributed by atoms with van der Waals surface area (Å²) in [5.74, 6) is -0.279. The van der Waals surface area contributed by atoms with Crippen LogP contribution in [0.4, 0.5) is 4.39 Å². The third-order valence-electron chi connectivity index (χ3n) is 2.69. The van der Waals surface area contributed by atoms with Crippen molar-refractivity contribution in [2.24, 2.45) is 5.73 Å². The highest BCUT2D eigenvalue weighted by Crippen LogP contribution is 2.29. The fourth-order valence-corrected chi connectivity index (χ4v) is 2.29. The number of ether oxygens (including phenoxy) is 1. The van der Waals surface area contributed by atoms with Gasteiger partial charge in [-0.3, -0.25) is 0 Å². The molecule has 0 heterocycles. The number of hydrogen-bond acceptors (Lipinski definition) is 2. The van der Waals surface area contributed by atoms with E-state index in [0.29, 0.717) is 15.1 Å². The van der Waals surface area contributed by atoms with Crippen molar-refractivity contribution in [3.05, 3.63) is 62.8 Å². The summed E-state index contributed by atoms with van der Waals surface area (Å²) in [7, 11) is 0. The summed E-state index contributed by atoms with van der Waals surface area (Å²) in [6, 6.07) is 10.6. The van der Waals surface area contributed by atoms with E-state index in [2.05, 4.69) is 15.9 Å². The predicted octanol–water partition coefficient (Wildman–Crippen LogP) is 4.28. The lowest BCUT2D eigenvalue weighted by atomic mass is 10.2. The maximum absolute atomic E-state index is 14.0. The lowest BCUT2D eigenvalue weighted by Crippen LogP contribution is -2.02. The third-order valence-corrected chi connectivity index (χ3v) is 3.91. The number of benzene rings is 2. The van der Waals surface area contributed by atoms with Crippen molar-refractivity contribution < 1.29 is 9.13 Å². The van der Waals surface area contributed by atoms with Gasteiger partial charge in [0.2, 0.25) is 0 Å². The van der Waals surface area contributed by atoms with E-state index < -0.39 is 5.82 Å². The van der Waals surface area contributed by atoms with Crippen molar-refractivity contribution in [2.75, 3.05) is 0 Å². The van der Waals surface area contributed by atoms with Gasteiger partial charge < -0.3 is 10.5 Å². The molecule has 0 aliphatic heterocycles. The first kappa shape index (κ1) is 14.3. The second-order valence-electron chi connectivity index (χ2n) is 3.93. The number of halogens is 3. The van der Waals surface area contributed by atoms with Gasteiger partial charge in [-0.25, -0.2) is 4.39 Å². The van der Waals surface area contributed by atoms with Crippen LogP contribution in [0.5, 0.6) is 5.75 Å². The monoisotopic (exact) mass is 343 g/mol. The average Bonchev–Trinajstić information content (AvgIpc) is 2.42. The van der Waals surface area contributed by atoms with Crippen LogP contribution in [0.25, 0.3) is 0 Å². The van der Waals surface area contributed by atoms with Crippen LogP contribution in [-0.2, 0) is 13.2 Å². The van der Waals surface area contributed by atoms with Crippen LogP contribution in [0.3, 0.4) is 0 Å². The Hall–Kier alpha value is -1.10. The van der Waals surface area contributed by atoms with Crippen molar-refractivity contribution in [1.29, 1.82) is 0 Å². The molecule has 0 radical (unpaired) electrons. The van der Waals surface area contributed by atoms with Gasteiger partial charge in [-0.1, -0.05) is 35.9 Å². The largest absolute Gasteiger partial charge is 0.486 e. The molecule has 0 bridgehead atoms. The fourth-order valence-electron chi connectivity index (χ4n) is 1.61. The number of nitrogens with two attached hydrogens (primary N) is 1. The van der Waals surface area contributed by atoms with Crippen LogP contribution >= 0.6 is 27.5 Å².